The van der Waals surface area contributed by atoms with Crippen molar-refractivity contribution < 1.29 is 0 Å². The molecule has 0 bridgehead atoms. The van der Waals surface area contributed by atoms with Crippen LogP contribution in [0.4, 0.5) is 0 Å². The molecule has 1 atom stereocenters. The predicted molar refractivity (Wildman–Crippen MR) is 68.7 cm³/mol. The van der Waals surface area contributed by atoms with E-state index in [9.17, 15) is 0 Å². The fraction of sp³-hybridized carbons (Fsp3) is 0.727. The number of hydrogen-bond acceptors (Lipinski definition) is 2. The normalized spacial score (nSPS) is 13.1. The smallest absolute Gasteiger partial charge is 0.0596 e. The third-order valence-electron chi connectivity index (χ3n) is 2.20. The highest BCUT2D eigenvalue weighted by Crippen LogP contribution is 2.17. The molecule has 1 rings (SSSR count). The average molecular weight is 247 g/mol. The molecule has 1 aromatic heterocycles. The molecule has 0 aliphatic heterocycles. The third kappa shape index (κ3) is 4.07. The number of alkyl halides is 1. The molecule has 1 aromatic rings. The summed E-state index contributed by atoms with van der Waals surface area (Å²) in [4.78, 5) is 0. The lowest BCUT2D eigenvalue weighted by Gasteiger charge is -2.07. The van der Waals surface area contributed by atoms with Crippen molar-refractivity contribution in [2.75, 3.05) is 11.6 Å². The summed E-state index contributed by atoms with van der Waals surface area (Å²) in [5.74, 6) is 3.50. The van der Waals surface area contributed by atoms with Crippen LogP contribution >= 0.6 is 23.4 Å². The number of hydrogen-bond donors (Lipinski definition) is 0. The van der Waals surface area contributed by atoms with Crippen LogP contribution in [0.25, 0.3) is 0 Å². The number of halogens is 1. The highest BCUT2D eigenvalue weighted by molar-refractivity contribution is 7.98. The van der Waals surface area contributed by atoms with Crippen molar-refractivity contribution in [1.29, 1.82) is 0 Å². The standard InChI is InChI=1S/C11H19ClN2S/c1-4-14-11(5-10(3)13-14)8-15-7-9(2)6-12/h5,9H,4,6-8H2,1-3H3. The molecule has 0 fully saturated rings. The molecule has 0 aromatic carbocycles. The molecule has 0 radical (unpaired) electrons. The molecular formula is C11H19ClN2S. The third-order valence-corrected chi connectivity index (χ3v) is 4.03. The van der Waals surface area contributed by atoms with Gasteiger partial charge in [-0.05, 0) is 31.6 Å². The fourth-order valence-corrected chi connectivity index (χ4v) is 2.72. The number of aromatic nitrogens is 2. The molecule has 0 amide bonds. The summed E-state index contributed by atoms with van der Waals surface area (Å²) in [6.07, 6.45) is 0. The molecule has 0 N–H and O–H groups in total. The minimum atomic E-state index is 0.593. The van der Waals surface area contributed by atoms with Gasteiger partial charge in [0.2, 0.25) is 0 Å². The quantitative estimate of drug-likeness (QED) is 0.717. The number of aryl methyl sites for hydroxylation is 2. The van der Waals surface area contributed by atoms with Gasteiger partial charge in [-0.1, -0.05) is 6.92 Å². The van der Waals surface area contributed by atoms with Crippen LogP contribution in [-0.4, -0.2) is 21.4 Å². The van der Waals surface area contributed by atoms with Gasteiger partial charge in [0.25, 0.3) is 0 Å². The Hall–Kier alpha value is -0.150. The SMILES string of the molecule is CCn1nc(C)cc1CSCC(C)CCl. The Morgan fingerprint density at radius 2 is 2.33 bits per heavy atom. The minimum absolute atomic E-state index is 0.593. The second-order valence-electron chi connectivity index (χ2n) is 3.87. The van der Waals surface area contributed by atoms with Crippen molar-refractivity contribution in [3.05, 3.63) is 17.5 Å². The number of nitrogens with zero attached hydrogens (tertiary/aromatic N) is 2. The highest BCUT2D eigenvalue weighted by Gasteiger charge is 2.05. The van der Waals surface area contributed by atoms with Crippen LogP contribution in [0, 0.1) is 12.8 Å². The average Bonchev–Trinajstić information content (AvgIpc) is 2.58. The molecule has 0 aliphatic carbocycles. The maximum absolute atomic E-state index is 5.77. The maximum atomic E-state index is 5.77. The van der Waals surface area contributed by atoms with Gasteiger partial charge in [0.05, 0.1) is 5.69 Å². The van der Waals surface area contributed by atoms with Gasteiger partial charge in [0.15, 0.2) is 0 Å². The van der Waals surface area contributed by atoms with Crippen LogP contribution in [0.15, 0.2) is 6.07 Å². The Morgan fingerprint density at radius 3 is 2.93 bits per heavy atom. The van der Waals surface area contributed by atoms with E-state index in [2.05, 4.69) is 29.7 Å². The van der Waals surface area contributed by atoms with Gasteiger partial charge in [-0.3, -0.25) is 4.68 Å². The van der Waals surface area contributed by atoms with E-state index in [1.54, 1.807) is 0 Å². The van der Waals surface area contributed by atoms with Crippen LogP contribution in [0.2, 0.25) is 0 Å². The van der Waals surface area contributed by atoms with Crippen LogP contribution < -0.4 is 0 Å². The van der Waals surface area contributed by atoms with Gasteiger partial charge in [0, 0.05) is 23.9 Å². The lowest BCUT2D eigenvalue weighted by Crippen LogP contribution is -2.03. The van der Waals surface area contributed by atoms with Gasteiger partial charge < -0.3 is 0 Å². The van der Waals surface area contributed by atoms with E-state index >= 15 is 0 Å². The first-order valence-electron chi connectivity index (χ1n) is 5.34. The summed E-state index contributed by atoms with van der Waals surface area (Å²) >= 11 is 7.70. The molecular weight excluding hydrogens is 228 g/mol. The Kier molecular flexibility index (Phi) is 5.54. The van der Waals surface area contributed by atoms with Crippen LogP contribution in [0.5, 0.6) is 0 Å². The lowest BCUT2D eigenvalue weighted by atomic mass is 10.3. The van der Waals surface area contributed by atoms with E-state index in [1.807, 2.05) is 18.7 Å². The number of rotatable bonds is 6. The molecule has 86 valence electrons. The monoisotopic (exact) mass is 246 g/mol. The van der Waals surface area contributed by atoms with Crippen LogP contribution in [0.3, 0.4) is 0 Å². The fourth-order valence-electron chi connectivity index (χ4n) is 1.40. The van der Waals surface area contributed by atoms with Crippen LogP contribution in [0.1, 0.15) is 25.2 Å². The van der Waals surface area contributed by atoms with E-state index in [4.69, 9.17) is 11.6 Å². The van der Waals surface area contributed by atoms with E-state index in [1.165, 1.54) is 5.69 Å². The summed E-state index contributed by atoms with van der Waals surface area (Å²) in [6, 6.07) is 2.17. The summed E-state index contributed by atoms with van der Waals surface area (Å²) in [7, 11) is 0. The molecule has 4 heteroatoms. The summed E-state index contributed by atoms with van der Waals surface area (Å²) in [5.41, 5.74) is 2.43. The maximum Gasteiger partial charge on any atom is 0.0596 e. The molecule has 0 aliphatic rings. The topological polar surface area (TPSA) is 17.8 Å². The zero-order valence-electron chi connectivity index (χ0n) is 9.66. The second-order valence-corrected chi connectivity index (χ2v) is 5.21. The zero-order chi connectivity index (χ0) is 11.3. The Labute approximate surface area is 101 Å². The van der Waals surface area contributed by atoms with Crippen molar-refractivity contribution in [3.63, 3.8) is 0 Å². The Bertz CT molecular complexity index is 299. The summed E-state index contributed by atoms with van der Waals surface area (Å²) in [6.45, 7) is 7.31. The first kappa shape index (κ1) is 12.9. The first-order valence-corrected chi connectivity index (χ1v) is 7.03. The van der Waals surface area contributed by atoms with Gasteiger partial charge in [-0.2, -0.15) is 16.9 Å². The van der Waals surface area contributed by atoms with Gasteiger partial charge in [-0.25, -0.2) is 0 Å². The minimum Gasteiger partial charge on any atom is -0.269 e. The van der Waals surface area contributed by atoms with E-state index in [-0.39, 0.29) is 0 Å². The van der Waals surface area contributed by atoms with Gasteiger partial charge in [0.1, 0.15) is 0 Å². The Morgan fingerprint density at radius 1 is 1.60 bits per heavy atom. The molecule has 0 spiro atoms. The molecule has 1 unspecified atom stereocenters. The first-order chi connectivity index (χ1) is 7.17. The van der Waals surface area contributed by atoms with E-state index in [0.29, 0.717) is 5.92 Å². The number of thioether (sulfide) groups is 1. The molecule has 2 nitrogen and oxygen atoms in total. The molecule has 15 heavy (non-hydrogen) atoms. The van der Waals surface area contributed by atoms with E-state index < -0.39 is 0 Å². The largest absolute Gasteiger partial charge is 0.269 e. The van der Waals surface area contributed by atoms with Crippen molar-refractivity contribution in [2.24, 2.45) is 5.92 Å². The Balaban J connectivity index is 2.42. The van der Waals surface area contributed by atoms with Crippen LogP contribution in [-0.2, 0) is 12.3 Å². The van der Waals surface area contributed by atoms with Crippen molar-refractivity contribution in [3.8, 4) is 0 Å². The van der Waals surface area contributed by atoms with Crippen molar-refractivity contribution >= 4 is 23.4 Å². The van der Waals surface area contributed by atoms with E-state index in [0.717, 1.165) is 29.6 Å². The van der Waals surface area contributed by atoms with Crippen molar-refractivity contribution in [2.45, 2.75) is 33.1 Å². The molecule has 0 saturated heterocycles. The van der Waals surface area contributed by atoms with Gasteiger partial charge >= 0.3 is 0 Å². The summed E-state index contributed by atoms with van der Waals surface area (Å²) in [5, 5.41) is 4.42. The van der Waals surface area contributed by atoms with Gasteiger partial charge in [-0.15, -0.1) is 11.6 Å². The molecule has 0 saturated carbocycles. The second kappa shape index (κ2) is 6.44. The summed E-state index contributed by atoms with van der Waals surface area (Å²) < 4.78 is 2.08. The zero-order valence-corrected chi connectivity index (χ0v) is 11.2. The lowest BCUT2D eigenvalue weighted by molar-refractivity contribution is 0.631. The predicted octanol–water partition coefficient (Wildman–Crippen LogP) is 3.32. The molecule has 1 heterocycles. The van der Waals surface area contributed by atoms with Crippen molar-refractivity contribution in [1.82, 2.24) is 9.78 Å². The highest BCUT2D eigenvalue weighted by atomic mass is 35.5.